The number of hydrogen-bond donors (Lipinski definition) is 2. The molecule has 0 saturated heterocycles. The molecule has 0 unspecified atom stereocenters. The maximum Gasteiger partial charge on any atom is 0.343 e. The van der Waals surface area contributed by atoms with Crippen molar-refractivity contribution in [1.82, 2.24) is 0 Å². The van der Waals surface area contributed by atoms with Gasteiger partial charge < -0.3 is 15.3 Å². The lowest BCUT2D eigenvalue weighted by atomic mass is 10.1. The summed E-state index contributed by atoms with van der Waals surface area (Å²) in [7, 11) is 0. The van der Waals surface area contributed by atoms with Gasteiger partial charge >= 0.3 is 5.97 Å². The van der Waals surface area contributed by atoms with E-state index in [-0.39, 0.29) is 23.7 Å². The van der Waals surface area contributed by atoms with Crippen LogP contribution in [0.2, 0.25) is 0 Å². The number of allylic oxidation sites excluding steroid dienone is 1. The van der Waals surface area contributed by atoms with E-state index in [2.05, 4.69) is 0 Å². The zero-order chi connectivity index (χ0) is 10.4. The Bertz CT molecular complexity index is 243. The summed E-state index contributed by atoms with van der Waals surface area (Å²) in [5, 5.41) is 16.6. The first kappa shape index (κ1) is 11.7. The molecule has 2 N–H and O–H groups in total. The Kier molecular flexibility index (Phi) is 4.80. The highest BCUT2D eigenvalue weighted by molar-refractivity contribution is 6.17. The minimum Gasteiger partial charge on any atom is -0.511 e. The van der Waals surface area contributed by atoms with Crippen LogP contribution in [0.15, 0.2) is 11.3 Å². The Labute approximate surface area is 77.7 Å². The first-order valence-corrected chi connectivity index (χ1v) is 4.19. The Hall–Kier alpha value is -1.32. The Balaban J connectivity index is 4.82. The van der Waals surface area contributed by atoms with E-state index in [4.69, 9.17) is 10.1 Å². The maximum absolute atomic E-state index is 11.2. The summed E-state index contributed by atoms with van der Waals surface area (Å²) in [5.41, 5.74) is 0.00199. The van der Waals surface area contributed by atoms with E-state index < -0.39 is 5.97 Å². The van der Waals surface area contributed by atoms with Gasteiger partial charge in [0.1, 0.15) is 11.3 Å². The molecule has 0 aromatic carbocycles. The van der Waals surface area contributed by atoms with Gasteiger partial charge in [-0.1, -0.05) is 6.92 Å². The molecule has 4 heteroatoms. The molecule has 0 aliphatic rings. The quantitative estimate of drug-likeness (QED) is 0.304. The molecule has 0 saturated carbocycles. The predicted octanol–water partition coefficient (Wildman–Crippen LogP) is 1.81. The molecule has 0 atom stereocenters. The summed E-state index contributed by atoms with van der Waals surface area (Å²) in [6.07, 6.45) is 0.324. The van der Waals surface area contributed by atoms with Gasteiger partial charge in [-0.2, -0.15) is 0 Å². The van der Waals surface area contributed by atoms with Gasteiger partial charge in [0, 0.05) is 12.1 Å². The molecule has 0 aliphatic heterocycles. The van der Waals surface area contributed by atoms with E-state index in [1.54, 1.807) is 13.8 Å². The minimum atomic E-state index is -0.630. The van der Waals surface area contributed by atoms with Crippen molar-refractivity contribution in [3.8, 4) is 0 Å². The second kappa shape index (κ2) is 5.35. The van der Waals surface area contributed by atoms with Crippen LogP contribution in [0.3, 0.4) is 0 Å². The first-order valence-electron chi connectivity index (χ1n) is 4.19. The van der Waals surface area contributed by atoms with Gasteiger partial charge in [0.2, 0.25) is 0 Å². The fourth-order valence-corrected chi connectivity index (χ4v) is 0.867. The largest absolute Gasteiger partial charge is 0.511 e. The second-order valence-corrected chi connectivity index (χ2v) is 2.52. The van der Waals surface area contributed by atoms with Crippen LogP contribution in [0.5, 0.6) is 0 Å². The smallest absolute Gasteiger partial charge is 0.343 e. The van der Waals surface area contributed by atoms with Crippen molar-refractivity contribution in [3.63, 3.8) is 0 Å². The molecule has 0 aromatic heterocycles. The van der Waals surface area contributed by atoms with Crippen LogP contribution >= 0.6 is 0 Å². The molecule has 0 fully saturated rings. The summed E-state index contributed by atoms with van der Waals surface area (Å²) in [6, 6.07) is 0. The number of carbonyl (C=O) groups is 1. The topological polar surface area (TPSA) is 70.4 Å². The lowest BCUT2D eigenvalue weighted by Gasteiger charge is -2.07. The number of aliphatic hydroxyl groups excluding tert-OH is 1. The van der Waals surface area contributed by atoms with Crippen molar-refractivity contribution in [2.75, 3.05) is 6.61 Å². The predicted molar refractivity (Wildman–Crippen MR) is 50.0 cm³/mol. The van der Waals surface area contributed by atoms with Crippen molar-refractivity contribution in [1.29, 1.82) is 5.41 Å². The third-order valence-electron chi connectivity index (χ3n) is 1.48. The molecule has 4 nitrogen and oxygen atoms in total. The van der Waals surface area contributed by atoms with E-state index in [0.717, 1.165) is 0 Å². The summed E-state index contributed by atoms with van der Waals surface area (Å²) < 4.78 is 4.69. The van der Waals surface area contributed by atoms with Crippen LogP contribution in [0.1, 0.15) is 27.2 Å². The van der Waals surface area contributed by atoms with Crippen molar-refractivity contribution in [3.05, 3.63) is 11.3 Å². The second-order valence-electron chi connectivity index (χ2n) is 2.52. The van der Waals surface area contributed by atoms with Crippen molar-refractivity contribution >= 4 is 11.7 Å². The number of aliphatic hydroxyl groups is 1. The average Bonchev–Trinajstić information content (AvgIpc) is 2.04. The lowest BCUT2D eigenvalue weighted by Crippen LogP contribution is -2.15. The molecule has 74 valence electrons. The first-order chi connectivity index (χ1) is 6.04. The van der Waals surface area contributed by atoms with Gasteiger partial charge in [0.05, 0.1) is 6.61 Å². The molecular weight excluding hydrogens is 170 g/mol. The highest BCUT2D eigenvalue weighted by Gasteiger charge is 2.17. The number of esters is 1. The highest BCUT2D eigenvalue weighted by Crippen LogP contribution is 2.09. The van der Waals surface area contributed by atoms with E-state index in [9.17, 15) is 9.90 Å². The highest BCUT2D eigenvalue weighted by atomic mass is 16.5. The fourth-order valence-electron chi connectivity index (χ4n) is 0.867. The van der Waals surface area contributed by atoms with E-state index in [0.29, 0.717) is 6.42 Å². The molecule has 0 aliphatic carbocycles. The third kappa shape index (κ3) is 3.27. The Morgan fingerprint density at radius 3 is 2.31 bits per heavy atom. The van der Waals surface area contributed by atoms with Gasteiger partial charge in [0.15, 0.2) is 0 Å². The van der Waals surface area contributed by atoms with Gasteiger partial charge in [-0.15, -0.1) is 0 Å². The Morgan fingerprint density at radius 1 is 1.46 bits per heavy atom. The number of carbonyl (C=O) groups excluding carboxylic acids is 1. The van der Waals surface area contributed by atoms with Gasteiger partial charge in [0.25, 0.3) is 0 Å². The summed E-state index contributed by atoms with van der Waals surface area (Å²) >= 11 is 0. The number of rotatable bonds is 4. The normalized spacial score (nSPS) is 11.9. The van der Waals surface area contributed by atoms with E-state index in [1.807, 2.05) is 0 Å². The average molecular weight is 185 g/mol. The molecular formula is C9H15NO3. The molecule has 0 spiro atoms. The zero-order valence-electron chi connectivity index (χ0n) is 8.18. The minimum absolute atomic E-state index is 0.0237. The van der Waals surface area contributed by atoms with Crippen LogP contribution < -0.4 is 0 Å². The van der Waals surface area contributed by atoms with Gasteiger partial charge in [-0.05, 0) is 13.8 Å². The van der Waals surface area contributed by atoms with E-state index >= 15 is 0 Å². The molecule has 13 heavy (non-hydrogen) atoms. The maximum atomic E-state index is 11.2. The van der Waals surface area contributed by atoms with Crippen LogP contribution in [-0.2, 0) is 9.53 Å². The number of hydrogen-bond acceptors (Lipinski definition) is 4. The molecule has 0 bridgehead atoms. The van der Waals surface area contributed by atoms with Gasteiger partial charge in [-0.3, -0.25) is 0 Å². The van der Waals surface area contributed by atoms with Crippen molar-refractivity contribution in [2.24, 2.45) is 0 Å². The van der Waals surface area contributed by atoms with E-state index in [1.165, 1.54) is 6.92 Å². The summed E-state index contributed by atoms with van der Waals surface area (Å²) in [6.45, 7) is 5.07. The molecule has 0 heterocycles. The monoisotopic (exact) mass is 185 g/mol. The summed E-state index contributed by atoms with van der Waals surface area (Å²) in [5.74, 6) is -0.722. The fraction of sp³-hybridized carbons (Fsp3) is 0.556. The van der Waals surface area contributed by atoms with Gasteiger partial charge in [-0.25, -0.2) is 4.79 Å². The third-order valence-corrected chi connectivity index (χ3v) is 1.48. The number of ether oxygens (including phenoxy) is 1. The van der Waals surface area contributed by atoms with Crippen molar-refractivity contribution < 1.29 is 14.6 Å². The van der Waals surface area contributed by atoms with Crippen LogP contribution in [0.4, 0.5) is 0 Å². The Morgan fingerprint density at radius 2 is 2.00 bits per heavy atom. The molecule has 0 aromatic rings. The lowest BCUT2D eigenvalue weighted by molar-refractivity contribution is -0.138. The van der Waals surface area contributed by atoms with Crippen molar-refractivity contribution in [2.45, 2.75) is 27.2 Å². The zero-order valence-corrected chi connectivity index (χ0v) is 8.18. The van der Waals surface area contributed by atoms with Crippen LogP contribution in [0.25, 0.3) is 0 Å². The standard InChI is InChI=1S/C9H15NO3/c1-4-7(11)8(6(3)10)9(12)13-5-2/h10-11H,4-5H2,1-3H3/b8-7+,10-6?. The number of nitrogens with one attached hydrogen (secondary N) is 1. The van der Waals surface area contributed by atoms with Crippen LogP contribution in [-0.4, -0.2) is 23.4 Å². The molecule has 0 amide bonds. The van der Waals surface area contributed by atoms with Crippen LogP contribution in [0, 0.1) is 5.41 Å². The summed E-state index contributed by atoms with van der Waals surface area (Å²) in [4.78, 5) is 11.2. The molecule has 0 radical (unpaired) electrons. The SMILES string of the molecule is CCOC(=O)/C(C(C)=N)=C(/O)CC. The molecule has 0 rings (SSSR count).